The van der Waals surface area contributed by atoms with Crippen LogP contribution in [0.1, 0.15) is 30.1 Å². The van der Waals surface area contributed by atoms with E-state index in [0.29, 0.717) is 16.8 Å². The van der Waals surface area contributed by atoms with E-state index >= 15 is 0 Å². The Morgan fingerprint density at radius 1 is 1.15 bits per heavy atom. The van der Waals surface area contributed by atoms with Gasteiger partial charge in [0, 0.05) is 17.2 Å². The number of carbonyl (C=O) groups excluding carboxylic acids is 2. The third kappa shape index (κ3) is 3.31. The first-order valence-corrected chi connectivity index (χ1v) is 8.68. The Hall–Kier alpha value is -3.15. The molecule has 1 saturated carbocycles. The molecule has 0 saturated heterocycles. The second kappa shape index (κ2) is 6.63. The van der Waals surface area contributed by atoms with Crippen molar-refractivity contribution in [3.63, 3.8) is 0 Å². The average molecular weight is 349 g/mol. The Morgan fingerprint density at radius 3 is 2.65 bits per heavy atom. The van der Waals surface area contributed by atoms with Crippen LogP contribution in [0.3, 0.4) is 0 Å². The van der Waals surface area contributed by atoms with Crippen molar-refractivity contribution in [1.82, 2.24) is 15.8 Å². The lowest BCUT2D eigenvalue weighted by Crippen LogP contribution is -2.45. The molecule has 3 aromatic rings. The van der Waals surface area contributed by atoms with E-state index in [0.717, 1.165) is 23.8 Å². The number of fused-ring (bicyclic) bond motifs is 1. The second-order valence-electron chi connectivity index (χ2n) is 6.59. The highest BCUT2D eigenvalue weighted by Gasteiger charge is 2.26. The first-order valence-electron chi connectivity index (χ1n) is 8.68. The normalized spacial score (nSPS) is 14.8. The van der Waals surface area contributed by atoms with Crippen LogP contribution in [-0.2, 0) is 4.79 Å². The van der Waals surface area contributed by atoms with E-state index in [1.807, 2.05) is 30.3 Å². The lowest BCUT2D eigenvalue weighted by atomic mass is 10.1. The molecular formula is C20H19N3O3. The second-order valence-corrected chi connectivity index (χ2v) is 6.59. The monoisotopic (exact) mass is 349 g/mol. The van der Waals surface area contributed by atoms with Crippen molar-refractivity contribution in [1.29, 1.82) is 0 Å². The van der Waals surface area contributed by atoms with Gasteiger partial charge in [-0.25, -0.2) is 0 Å². The Balaban J connectivity index is 1.56. The molecule has 0 bridgehead atoms. The summed E-state index contributed by atoms with van der Waals surface area (Å²) in [7, 11) is 0. The summed E-state index contributed by atoms with van der Waals surface area (Å²) < 4.78 is 5.46. The lowest BCUT2D eigenvalue weighted by Gasteiger charge is -2.13. The Kier molecular flexibility index (Phi) is 4.16. The van der Waals surface area contributed by atoms with Crippen molar-refractivity contribution >= 4 is 22.7 Å². The number of amides is 2. The third-order valence-electron chi connectivity index (χ3n) is 4.44. The molecule has 1 fully saturated rings. The molecule has 2 aromatic carbocycles. The van der Waals surface area contributed by atoms with Crippen LogP contribution in [0.2, 0.25) is 0 Å². The molecule has 0 spiro atoms. The van der Waals surface area contributed by atoms with Crippen LogP contribution in [0.25, 0.3) is 22.2 Å². The SMILES string of the molecule is C[C@H](NC(=O)c1ccc2noc(-c3ccccc3)c2c1)C(=O)NC1CC1. The Labute approximate surface area is 150 Å². The first-order chi connectivity index (χ1) is 12.6. The molecule has 1 atom stereocenters. The zero-order valence-electron chi connectivity index (χ0n) is 14.4. The van der Waals surface area contributed by atoms with Gasteiger partial charge in [0.05, 0.1) is 5.39 Å². The molecule has 0 radical (unpaired) electrons. The van der Waals surface area contributed by atoms with E-state index in [9.17, 15) is 9.59 Å². The molecule has 132 valence electrons. The predicted molar refractivity (Wildman–Crippen MR) is 97.5 cm³/mol. The van der Waals surface area contributed by atoms with Gasteiger partial charge in [-0.15, -0.1) is 0 Å². The predicted octanol–water partition coefficient (Wildman–Crippen LogP) is 2.89. The van der Waals surface area contributed by atoms with Gasteiger partial charge in [0.15, 0.2) is 5.76 Å². The first kappa shape index (κ1) is 16.3. The standard InChI is InChI=1S/C20H19N3O3/c1-12(19(24)22-15-8-9-15)21-20(25)14-7-10-17-16(11-14)18(26-23-17)13-5-3-2-4-6-13/h2-7,10-12,15H,8-9H2,1H3,(H,21,25)(H,22,24)/t12-/m0/s1. The molecule has 2 amide bonds. The number of benzene rings is 2. The number of aromatic nitrogens is 1. The summed E-state index contributed by atoms with van der Waals surface area (Å²) in [6.45, 7) is 1.68. The van der Waals surface area contributed by atoms with Gasteiger partial charge in [0.2, 0.25) is 5.91 Å². The molecule has 26 heavy (non-hydrogen) atoms. The van der Waals surface area contributed by atoms with Crippen LogP contribution in [-0.4, -0.2) is 29.1 Å². The number of hydrogen-bond acceptors (Lipinski definition) is 4. The minimum Gasteiger partial charge on any atom is -0.355 e. The van der Waals surface area contributed by atoms with Crippen LogP contribution in [0, 0.1) is 0 Å². The van der Waals surface area contributed by atoms with Crippen molar-refractivity contribution in [2.45, 2.75) is 31.8 Å². The van der Waals surface area contributed by atoms with Crippen molar-refractivity contribution in [3.8, 4) is 11.3 Å². The van der Waals surface area contributed by atoms with Crippen LogP contribution in [0.15, 0.2) is 53.1 Å². The molecule has 6 nitrogen and oxygen atoms in total. The fourth-order valence-electron chi connectivity index (χ4n) is 2.78. The minimum absolute atomic E-state index is 0.156. The molecule has 4 rings (SSSR count). The highest BCUT2D eigenvalue weighted by Crippen LogP contribution is 2.29. The van der Waals surface area contributed by atoms with Crippen molar-refractivity contribution < 1.29 is 14.1 Å². The fraction of sp³-hybridized carbons (Fsp3) is 0.250. The van der Waals surface area contributed by atoms with Gasteiger partial charge in [-0.2, -0.15) is 0 Å². The lowest BCUT2D eigenvalue weighted by molar-refractivity contribution is -0.122. The Morgan fingerprint density at radius 2 is 1.92 bits per heavy atom. The zero-order valence-corrected chi connectivity index (χ0v) is 14.4. The topological polar surface area (TPSA) is 84.2 Å². The van der Waals surface area contributed by atoms with Crippen molar-refractivity contribution in [2.75, 3.05) is 0 Å². The van der Waals surface area contributed by atoms with Crippen LogP contribution < -0.4 is 10.6 Å². The van der Waals surface area contributed by atoms with Gasteiger partial charge < -0.3 is 15.2 Å². The van der Waals surface area contributed by atoms with E-state index in [1.165, 1.54) is 0 Å². The summed E-state index contributed by atoms with van der Waals surface area (Å²) in [5.74, 6) is 0.164. The zero-order chi connectivity index (χ0) is 18.1. The van der Waals surface area contributed by atoms with Crippen LogP contribution in [0.5, 0.6) is 0 Å². The van der Waals surface area contributed by atoms with Crippen molar-refractivity contribution in [2.24, 2.45) is 0 Å². The quantitative estimate of drug-likeness (QED) is 0.742. The van der Waals surface area contributed by atoms with Gasteiger partial charge in [0.25, 0.3) is 5.91 Å². The van der Waals surface area contributed by atoms with Gasteiger partial charge >= 0.3 is 0 Å². The summed E-state index contributed by atoms with van der Waals surface area (Å²) in [5.41, 5.74) is 2.04. The molecule has 6 heteroatoms. The van der Waals surface area contributed by atoms with Crippen LogP contribution in [0.4, 0.5) is 0 Å². The van der Waals surface area contributed by atoms with Crippen molar-refractivity contribution in [3.05, 3.63) is 54.1 Å². The molecule has 1 aliphatic rings. The molecule has 2 N–H and O–H groups in total. The summed E-state index contributed by atoms with van der Waals surface area (Å²) in [6.07, 6.45) is 2.03. The highest BCUT2D eigenvalue weighted by molar-refractivity contribution is 6.02. The number of nitrogens with one attached hydrogen (secondary N) is 2. The van der Waals surface area contributed by atoms with E-state index in [2.05, 4.69) is 15.8 Å². The van der Waals surface area contributed by atoms with Gasteiger partial charge in [0.1, 0.15) is 11.6 Å². The summed E-state index contributed by atoms with van der Waals surface area (Å²) >= 11 is 0. The summed E-state index contributed by atoms with van der Waals surface area (Å²) in [6, 6.07) is 14.5. The number of nitrogens with zero attached hydrogens (tertiary/aromatic N) is 1. The average Bonchev–Trinajstić information content (AvgIpc) is 3.37. The maximum absolute atomic E-state index is 12.5. The maximum atomic E-state index is 12.5. The largest absolute Gasteiger partial charge is 0.355 e. The Bertz CT molecular complexity index is 961. The van der Waals surface area contributed by atoms with E-state index in [4.69, 9.17) is 4.52 Å². The highest BCUT2D eigenvalue weighted by atomic mass is 16.5. The molecule has 0 unspecified atom stereocenters. The third-order valence-corrected chi connectivity index (χ3v) is 4.44. The number of hydrogen-bond donors (Lipinski definition) is 2. The molecule has 1 aliphatic carbocycles. The summed E-state index contributed by atoms with van der Waals surface area (Å²) in [5, 5.41) is 10.4. The maximum Gasteiger partial charge on any atom is 0.251 e. The smallest absolute Gasteiger partial charge is 0.251 e. The van der Waals surface area contributed by atoms with E-state index in [1.54, 1.807) is 25.1 Å². The van der Waals surface area contributed by atoms with E-state index in [-0.39, 0.29) is 17.9 Å². The number of carbonyl (C=O) groups is 2. The van der Waals surface area contributed by atoms with Crippen LogP contribution >= 0.6 is 0 Å². The minimum atomic E-state index is -0.588. The molecular weight excluding hydrogens is 330 g/mol. The van der Waals surface area contributed by atoms with Gasteiger partial charge in [-0.3, -0.25) is 9.59 Å². The fourth-order valence-corrected chi connectivity index (χ4v) is 2.78. The summed E-state index contributed by atoms with van der Waals surface area (Å²) in [4.78, 5) is 24.6. The molecule has 1 aromatic heterocycles. The number of rotatable bonds is 5. The molecule has 1 heterocycles. The molecule has 0 aliphatic heterocycles. The van der Waals surface area contributed by atoms with Gasteiger partial charge in [-0.05, 0) is 38.0 Å². The van der Waals surface area contributed by atoms with Gasteiger partial charge in [-0.1, -0.05) is 35.5 Å². The van der Waals surface area contributed by atoms with E-state index < -0.39 is 6.04 Å².